The maximum absolute atomic E-state index is 11.9. The molecule has 0 saturated heterocycles. The monoisotopic (exact) mass is 253 g/mol. The normalized spacial score (nSPS) is 10.5. The third-order valence-electron chi connectivity index (χ3n) is 2.29. The van der Waals surface area contributed by atoms with Gasteiger partial charge in [-0.15, -0.1) is 11.3 Å². The quantitative estimate of drug-likeness (QED) is 0.864. The molecule has 17 heavy (non-hydrogen) atoms. The average Bonchev–Trinajstić information content (AvgIpc) is 2.88. The fourth-order valence-corrected chi connectivity index (χ4v) is 2.12. The van der Waals surface area contributed by atoms with Crippen molar-refractivity contribution in [3.8, 4) is 0 Å². The van der Waals surface area contributed by atoms with Crippen molar-refractivity contribution in [2.45, 2.75) is 13.5 Å². The number of rotatable bonds is 3. The van der Waals surface area contributed by atoms with Gasteiger partial charge in [0.15, 0.2) is 0 Å². The van der Waals surface area contributed by atoms with Gasteiger partial charge in [-0.3, -0.25) is 4.79 Å². The van der Waals surface area contributed by atoms with E-state index >= 15 is 0 Å². The zero-order chi connectivity index (χ0) is 12.4. The zero-order valence-corrected chi connectivity index (χ0v) is 10.2. The van der Waals surface area contributed by atoms with Crippen LogP contribution >= 0.6 is 11.3 Å². The van der Waals surface area contributed by atoms with Gasteiger partial charge in [0, 0.05) is 11.9 Å². The Labute approximate surface area is 101 Å². The topological polar surface area (TPSA) is 98.1 Å². The summed E-state index contributed by atoms with van der Waals surface area (Å²) < 4.78 is 4.39. The van der Waals surface area contributed by atoms with Crippen LogP contribution in [0.5, 0.6) is 0 Å². The minimum absolute atomic E-state index is 0.00266. The number of thiazole rings is 1. The first-order chi connectivity index (χ1) is 8.09. The number of anilines is 1. The van der Waals surface area contributed by atoms with Gasteiger partial charge >= 0.3 is 0 Å². The van der Waals surface area contributed by atoms with E-state index in [-0.39, 0.29) is 17.4 Å². The third kappa shape index (κ3) is 2.26. The molecular weight excluding hydrogens is 242 g/mol. The summed E-state index contributed by atoms with van der Waals surface area (Å²) in [7, 11) is 1.66. The van der Waals surface area contributed by atoms with Crippen LogP contribution in [0.1, 0.15) is 21.1 Å². The average molecular weight is 253 g/mol. The van der Waals surface area contributed by atoms with E-state index in [1.807, 2.05) is 6.92 Å². The highest BCUT2D eigenvalue weighted by atomic mass is 32.1. The lowest BCUT2D eigenvalue weighted by Crippen LogP contribution is -2.27. The molecule has 7 nitrogen and oxygen atoms in total. The van der Waals surface area contributed by atoms with Crippen molar-refractivity contribution in [1.82, 2.24) is 20.2 Å². The van der Waals surface area contributed by atoms with E-state index in [0.29, 0.717) is 6.54 Å². The van der Waals surface area contributed by atoms with Gasteiger partial charge in [-0.05, 0) is 17.2 Å². The highest BCUT2D eigenvalue weighted by Crippen LogP contribution is 2.16. The van der Waals surface area contributed by atoms with Crippen LogP contribution in [0.15, 0.2) is 10.1 Å². The summed E-state index contributed by atoms with van der Waals surface area (Å²) >= 11 is 1.50. The molecule has 0 unspecified atom stereocenters. The predicted octanol–water partition coefficient (Wildman–Crippen LogP) is 0.689. The standard InChI is InChI=1S/C9H11N5O2S/c1-5-6(17-4-11-5)3-14(2)9(15)7-8(10)13-16-12-7/h4H,3H2,1-2H3,(H2,10,13). The SMILES string of the molecule is Cc1ncsc1CN(C)C(=O)c1nonc1N. The summed E-state index contributed by atoms with van der Waals surface area (Å²) in [6, 6.07) is 0. The van der Waals surface area contributed by atoms with Crippen molar-refractivity contribution in [1.29, 1.82) is 0 Å². The molecule has 0 aromatic carbocycles. The Kier molecular flexibility index (Phi) is 3.05. The van der Waals surface area contributed by atoms with E-state index in [2.05, 4.69) is 19.9 Å². The van der Waals surface area contributed by atoms with Crippen LogP contribution in [0.2, 0.25) is 0 Å². The summed E-state index contributed by atoms with van der Waals surface area (Å²) in [5.41, 5.74) is 8.16. The second-order valence-corrected chi connectivity index (χ2v) is 4.46. The van der Waals surface area contributed by atoms with E-state index < -0.39 is 0 Å². The highest BCUT2D eigenvalue weighted by Gasteiger charge is 2.20. The first-order valence-corrected chi connectivity index (χ1v) is 5.70. The Bertz CT molecular complexity index is 535. The molecule has 0 spiro atoms. The number of carbonyl (C=O) groups is 1. The highest BCUT2D eigenvalue weighted by molar-refractivity contribution is 7.09. The van der Waals surface area contributed by atoms with Gasteiger partial charge in [-0.25, -0.2) is 9.61 Å². The van der Waals surface area contributed by atoms with Crippen molar-refractivity contribution < 1.29 is 9.42 Å². The molecule has 0 fully saturated rings. The molecule has 0 atom stereocenters. The largest absolute Gasteiger partial charge is 0.379 e. The zero-order valence-electron chi connectivity index (χ0n) is 9.38. The predicted molar refractivity (Wildman–Crippen MR) is 61.4 cm³/mol. The summed E-state index contributed by atoms with van der Waals surface area (Å²) in [5, 5.41) is 6.84. The van der Waals surface area contributed by atoms with Crippen LogP contribution < -0.4 is 5.73 Å². The first-order valence-electron chi connectivity index (χ1n) is 4.82. The summed E-state index contributed by atoms with van der Waals surface area (Å²) in [5.74, 6) is -0.320. The molecule has 0 bridgehead atoms. The Morgan fingerprint density at radius 3 is 2.88 bits per heavy atom. The van der Waals surface area contributed by atoms with Crippen LogP contribution in [0.3, 0.4) is 0 Å². The van der Waals surface area contributed by atoms with E-state index in [0.717, 1.165) is 10.6 Å². The number of nitrogen functional groups attached to an aromatic ring is 1. The molecule has 90 valence electrons. The number of hydrogen-bond acceptors (Lipinski definition) is 7. The smallest absolute Gasteiger partial charge is 0.280 e. The second-order valence-electron chi connectivity index (χ2n) is 3.52. The number of aromatic nitrogens is 3. The van der Waals surface area contributed by atoms with Crippen LogP contribution in [0.25, 0.3) is 0 Å². The molecule has 2 aromatic heterocycles. The van der Waals surface area contributed by atoms with Gasteiger partial charge in [0.1, 0.15) is 0 Å². The van der Waals surface area contributed by atoms with Gasteiger partial charge in [0.05, 0.1) is 17.7 Å². The molecule has 0 radical (unpaired) electrons. The van der Waals surface area contributed by atoms with Crippen molar-refractivity contribution in [2.24, 2.45) is 0 Å². The minimum atomic E-state index is -0.323. The molecule has 1 amide bonds. The molecule has 8 heteroatoms. The maximum atomic E-state index is 11.9. The van der Waals surface area contributed by atoms with Crippen LogP contribution in [0.4, 0.5) is 5.82 Å². The fourth-order valence-electron chi connectivity index (χ4n) is 1.29. The van der Waals surface area contributed by atoms with E-state index in [1.54, 1.807) is 12.6 Å². The first kappa shape index (κ1) is 11.5. The number of nitrogens with zero attached hydrogens (tertiary/aromatic N) is 4. The van der Waals surface area contributed by atoms with Gasteiger partial charge < -0.3 is 10.6 Å². The lowest BCUT2D eigenvalue weighted by molar-refractivity contribution is 0.0776. The minimum Gasteiger partial charge on any atom is -0.379 e. The molecule has 0 aliphatic carbocycles. The summed E-state index contributed by atoms with van der Waals surface area (Å²) in [4.78, 5) is 18.6. The molecule has 0 aliphatic rings. The maximum Gasteiger partial charge on any atom is 0.280 e. The Balaban J connectivity index is 2.11. The number of aryl methyl sites for hydroxylation is 1. The van der Waals surface area contributed by atoms with Gasteiger partial charge in [0.2, 0.25) is 11.5 Å². The molecule has 2 heterocycles. The molecular formula is C9H11N5O2S. The molecule has 2 N–H and O–H groups in total. The molecule has 0 aliphatic heterocycles. The van der Waals surface area contributed by atoms with Crippen molar-refractivity contribution in [2.75, 3.05) is 12.8 Å². The number of amides is 1. The van der Waals surface area contributed by atoms with Crippen molar-refractivity contribution in [3.05, 3.63) is 21.8 Å². The van der Waals surface area contributed by atoms with Gasteiger partial charge in [0.25, 0.3) is 5.91 Å². The molecule has 0 saturated carbocycles. The Morgan fingerprint density at radius 1 is 1.59 bits per heavy atom. The Morgan fingerprint density at radius 2 is 2.35 bits per heavy atom. The van der Waals surface area contributed by atoms with E-state index in [1.165, 1.54) is 16.2 Å². The van der Waals surface area contributed by atoms with Gasteiger partial charge in [-0.1, -0.05) is 0 Å². The number of hydrogen-bond donors (Lipinski definition) is 1. The molecule has 2 aromatic rings. The lowest BCUT2D eigenvalue weighted by atomic mass is 10.3. The van der Waals surface area contributed by atoms with Crippen LogP contribution in [-0.4, -0.2) is 33.2 Å². The third-order valence-corrected chi connectivity index (χ3v) is 3.21. The van der Waals surface area contributed by atoms with Crippen molar-refractivity contribution in [3.63, 3.8) is 0 Å². The van der Waals surface area contributed by atoms with Gasteiger partial charge in [-0.2, -0.15) is 0 Å². The van der Waals surface area contributed by atoms with E-state index in [9.17, 15) is 4.79 Å². The van der Waals surface area contributed by atoms with E-state index in [4.69, 9.17) is 5.73 Å². The lowest BCUT2D eigenvalue weighted by Gasteiger charge is -2.14. The van der Waals surface area contributed by atoms with Crippen molar-refractivity contribution >= 4 is 23.1 Å². The summed E-state index contributed by atoms with van der Waals surface area (Å²) in [6.07, 6.45) is 0. The van der Waals surface area contributed by atoms with Crippen LogP contribution in [0, 0.1) is 6.92 Å². The number of carbonyl (C=O) groups excluding carboxylic acids is 1. The molecule has 2 rings (SSSR count). The van der Waals surface area contributed by atoms with Crippen LogP contribution in [-0.2, 0) is 6.54 Å². The summed E-state index contributed by atoms with van der Waals surface area (Å²) in [6.45, 7) is 2.36. The fraction of sp³-hybridized carbons (Fsp3) is 0.333. The number of nitrogens with two attached hydrogens (primary N) is 1. The second kappa shape index (κ2) is 4.50. The Hall–Kier alpha value is -1.96.